The highest BCUT2D eigenvalue weighted by Gasteiger charge is 2.25. The summed E-state index contributed by atoms with van der Waals surface area (Å²) in [4.78, 5) is 0. The molecule has 4 fully saturated rings. The Morgan fingerprint density at radius 2 is 0.360 bits per heavy atom. The van der Waals surface area contributed by atoms with E-state index >= 15 is 0 Å². The third-order valence-electron chi connectivity index (χ3n) is 18.7. The van der Waals surface area contributed by atoms with Gasteiger partial charge in [-0.15, -0.1) is 0 Å². The highest BCUT2D eigenvalue weighted by atomic mass is 19.1. The van der Waals surface area contributed by atoms with Gasteiger partial charge >= 0.3 is 0 Å². The van der Waals surface area contributed by atoms with Crippen molar-refractivity contribution in [2.45, 2.75) is 416 Å². The summed E-state index contributed by atoms with van der Waals surface area (Å²) in [5, 5.41) is 2.62. The van der Waals surface area contributed by atoms with Gasteiger partial charge in [-0.3, -0.25) is 0 Å². The number of rotatable bonds is 7. The molecule has 0 spiro atoms. The van der Waals surface area contributed by atoms with Gasteiger partial charge in [0.05, 0.1) is 0 Å². The summed E-state index contributed by atoms with van der Waals surface area (Å²) in [5.41, 5.74) is 9.97. The van der Waals surface area contributed by atoms with Crippen molar-refractivity contribution in [1.29, 1.82) is 0 Å². The topological polar surface area (TPSA) is 0 Å². The van der Waals surface area contributed by atoms with E-state index in [9.17, 15) is 8.78 Å². The molecular weight excluding hydrogens is 1650 g/mol. The van der Waals surface area contributed by atoms with Crippen molar-refractivity contribution in [3.05, 3.63) is 386 Å². The fourth-order valence-corrected chi connectivity index (χ4v) is 13.5. The van der Waals surface area contributed by atoms with E-state index in [2.05, 4.69) is 232 Å². The van der Waals surface area contributed by atoms with Crippen molar-refractivity contribution < 1.29 is 8.78 Å². The molecule has 0 unspecified atom stereocenters. The van der Waals surface area contributed by atoms with Crippen molar-refractivity contribution in [2.75, 3.05) is 0 Å². The molecule has 0 bridgehead atoms. The lowest BCUT2D eigenvalue weighted by Crippen LogP contribution is -2.20. The maximum Gasteiger partial charge on any atom is 0.131 e. The zero-order chi connectivity index (χ0) is 106. The standard InChI is InChI=1S/C13H12.C12H9F.C12H22.2C12H16.C12H10.C10H8.C6H5F.C6H6.C3H8.18C2H6/c1-3-7-12(8-4-1)11-13-9-5-2-6-10-13;13-12-9-5-4-8-11(12)10-6-2-1-3-7-10;4*1-3-7-11(8-4-1)12-9-5-2-6-10-12;1-2-6-10-8-4-3-7-9(10)5-1;7-6-4-2-1-3-5-6;1-2-4-6-5-3-1;1-3-2;18*1-2/h1-10H,11H2;1-9H;11-12H,1-10H2;2*1,3-4,7-8,12H,2,5-6,9-10H2;1-10H;1-8H;1-5H;1-6H;3H2,1-2H3;18*1-2H3. The maximum absolute atomic E-state index is 13.3. The van der Waals surface area contributed by atoms with E-state index in [1.54, 1.807) is 67.1 Å². The van der Waals surface area contributed by atoms with Gasteiger partial charge in [-0.1, -0.05) is 706 Å². The first-order chi connectivity index (χ1) is 67.5. The van der Waals surface area contributed by atoms with Crippen LogP contribution in [0.2, 0.25) is 0 Å². The molecule has 12 aromatic rings. The average Bonchev–Trinajstić information content (AvgIpc) is 0.855. The molecule has 0 nitrogen and oxygen atoms in total. The van der Waals surface area contributed by atoms with E-state index in [1.807, 2.05) is 334 Å². The zero-order valence-electron chi connectivity index (χ0n) is 96.1. The minimum Gasteiger partial charge on any atom is -0.207 e. The summed E-state index contributed by atoms with van der Waals surface area (Å²) in [6.07, 6.45) is 31.9. The zero-order valence-corrected chi connectivity index (χ0v) is 96.1. The number of fused-ring (bicyclic) bond motifs is 1. The van der Waals surface area contributed by atoms with Crippen molar-refractivity contribution in [1.82, 2.24) is 0 Å². The summed E-state index contributed by atoms with van der Waals surface area (Å²) in [5.74, 6) is 3.65. The van der Waals surface area contributed by atoms with Gasteiger partial charge in [0, 0.05) is 5.56 Å². The van der Waals surface area contributed by atoms with Crippen LogP contribution < -0.4 is 0 Å². The fourth-order valence-electron chi connectivity index (χ4n) is 13.5. The van der Waals surface area contributed by atoms with Crippen LogP contribution in [0.4, 0.5) is 8.78 Å². The Kier molecular flexibility index (Phi) is 155. The summed E-state index contributed by atoms with van der Waals surface area (Å²) in [6.45, 7) is 76.2. The Morgan fingerprint density at radius 3 is 0.581 bits per heavy atom. The van der Waals surface area contributed by atoms with E-state index in [-0.39, 0.29) is 11.6 Å². The summed E-state index contributed by atoms with van der Waals surface area (Å²) >= 11 is 0. The van der Waals surface area contributed by atoms with E-state index < -0.39 is 0 Å². The third kappa shape index (κ3) is 89.9. The monoisotopic (exact) mass is 1870 g/mol. The lowest BCUT2D eigenvalue weighted by Gasteiger charge is -2.32. The predicted octanol–water partition coefficient (Wildman–Crippen LogP) is 48.0. The van der Waals surface area contributed by atoms with Crippen LogP contribution in [-0.4, -0.2) is 0 Å². The van der Waals surface area contributed by atoms with Crippen LogP contribution in [0.15, 0.2) is 352 Å². The molecule has 0 aromatic heterocycles. The molecule has 770 valence electrons. The average molecular weight is 1870 g/mol. The van der Waals surface area contributed by atoms with Gasteiger partial charge in [0.1, 0.15) is 11.6 Å². The van der Waals surface area contributed by atoms with Crippen LogP contribution in [0.25, 0.3) is 33.0 Å². The Balaban J connectivity index is -0.000000122. The van der Waals surface area contributed by atoms with Crippen LogP contribution in [0, 0.1) is 23.5 Å². The molecule has 0 aliphatic heterocycles. The second-order valence-electron chi connectivity index (χ2n) is 26.5. The van der Waals surface area contributed by atoms with Gasteiger partial charge in [-0.2, -0.15) is 0 Å². The predicted molar refractivity (Wildman–Crippen MR) is 634 cm³/mol. The Hall–Kier alpha value is -9.24. The number of hydrogen-bond donors (Lipinski definition) is 0. The summed E-state index contributed by atoms with van der Waals surface area (Å²) in [7, 11) is 0. The van der Waals surface area contributed by atoms with Gasteiger partial charge in [-0.25, -0.2) is 8.78 Å². The van der Waals surface area contributed by atoms with E-state index in [1.165, 1.54) is 160 Å². The molecule has 0 heterocycles. The van der Waals surface area contributed by atoms with Crippen LogP contribution >= 0.6 is 0 Å². The molecule has 136 heavy (non-hydrogen) atoms. The highest BCUT2D eigenvalue weighted by molar-refractivity contribution is 5.82. The molecule has 4 aliphatic carbocycles. The van der Waals surface area contributed by atoms with Crippen LogP contribution in [0.5, 0.6) is 0 Å². The second kappa shape index (κ2) is 139. The van der Waals surface area contributed by atoms with Crippen LogP contribution in [0.1, 0.15) is 432 Å². The Labute approximate surface area is 850 Å². The largest absolute Gasteiger partial charge is 0.207 e. The van der Waals surface area contributed by atoms with Gasteiger partial charge in [0.2, 0.25) is 0 Å². The van der Waals surface area contributed by atoms with Crippen LogP contribution in [-0.2, 0) is 6.42 Å². The first kappa shape index (κ1) is 152. The first-order valence-electron chi connectivity index (χ1n) is 55.7. The molecule has 4 aliphatic rings. The molecule has 0 amide bonds. The number of benzene rings is 12. The first-order valence-corrected chi connectivity index (χ1v) is 55.7. The SMILES string of the molecule is C1CCC(C2CCCCC2)CC1.CC.CC.CC.CC.CC.CC.CC.CC.CC.CC.CC.CC.CC.CC.CC.CC.CC.CC.CCC.Fc1ccccc1.Fc1ccccc1-c1ccccc1.c1ccc(-c2ccccc2)cc1.c1ccc(C2CCCCC2)cc1.c1ccc(C2CCCCC2)cc1.c1ccc(Cc2ccccc2)cc1.c1ccc2ccccc2c1.c1ccccc1. The lowest BCUT2D eigenvalue weighted by molar-refractivity contribution is 0.196. The van der Waals surface area contributed by atoms with Crippen molar-refractivity contribution >= 4 is 10.8 Å². The third-order valence-corrected chi connectivity index (χ3v) is 18.7. The second-order valence-corrected chi connectivity index (χ2v) is 26.5. The fraction of sp³-hybridized carbons (Fsp3) is 0.478. The van der Waals surface area contributed by atoms with Crippen molar-refractivity contribution in [2.24, 2.45) is 11.8 Å². The quantitative estimate of drug-likeness (QED) is 0.149. The molecule has 4 saturated carbocycles. The van der Waals surface area contributed by atoms with E-state index in [0.717, 1.165) is 35.7 Å². The van der Waals surface area contributed by atoms with Crippen LogP contribution in [0.3, 0.4) is 0 Å². The Bertz CT molecular complexity index is 3570. The number of halogens is 2. The summed E-state index contributed by atoms with van der Waals surface area (Å²) < 4.78 is 25.2. The van der Waals surface area contributed by atoms with Gasteiger partial charge in [0.15, 0.2) is 0 Å². The van der Waals surface area contributed by atoms with Gasteiger partial charge < -0.3 is 0 Å². The molecule has 12 aromatic carbocycles. The van der Waals surface area contributed by atoms with E-state index in [4.69, 9.17) is 0 Å². The lowest BCUT2D eigenvalue weighted by atomic mass is 9.73. The molecular formula is C134H220F2. The molecule has 0 radical (unpaired) electrons. The highest BCUT2D eigenvalue weighted by Crippen LogP contribution is 2.38. The van der Waals surface area contributed by atoms with E-state index in [0.29, 0.717) is 5.56 Å². The normalized spacial score (nSPS) is 11.2. The van der Waals surface area contributed by atoms with Gasteiger partial charge in [-0.05, 0) is 124 Å². The smallest absolute Gasteiger partial charge is 0.131 e. The van der Waals surface area contributed by atoms with Crippen molar-refractivity contribution in [3.8, 4) is 22.3 Å². The summed E-state index contributed by atoms with van der Waals surface area (Å²) in [6, 6.07) is 117. The minimum absolute atomic E-state index is 0.172. The minimum atomic E-state index is -0.178. The molecule has 16 rings (SSSR count). The molecule has 0 saturated heterocycles. The number of hydrogen-bond acceptors (Lipinski definition) is 0. The molecule has 0 N–H and O–H groups in total. The maximum atomic E-state index is 13.3. The molecule has 0 atom stereocenters. The Morgan fingerprint density at radius 1 is 0.184 bits per heavy atom. The molecule has 2 heteroatoms. The van der Waals surface area contributed by atoms with Crippen molar-refractivity contribution in [3.63, 3.8) is 0 Å². The van der Waals surface area contributed by atoms with Gasteiger partial charge in [0.25, 0.3) is 0 Å².